The smallest absolute Gasteiger partial charge is 0.115 e. The van der Waals surface area contributed by atoms with E-state index in [1.54, 1.807) is 0 Å². The number of hydrogen-bond donors (Lipinski definition) is 1. The monoisotopic (exact) mass is 167 g/mol. The summed E-state index contributed by atoms with van der Waals surface area (Å²) in [5, 5.41) is 9.18. The molecule has 2 nitrogen and oxygen atoms in total. The summed E-state index contributed by atoms with van der Waals surface area (Å²) in [6.45, 7) is 6.19. The van der Waals surface area contributed by atoms with Gasteiger partial charge in [0.1, 0.15) is 5.76 Å². The van der Waals surface area contributed by atoms with Crippen molar-refractivity contribution < 1.29 is 5.11 Å². The summed E-state index contributed by atoms with van der Waals surface area (Å²) in [4.78, 5) is 2.28. The van der Waals surface area contributed by atoms with Gasteiger partial charge >= 0.3 is 0 Å². The second-order valence-corrected chi connectivity index (χ2v) is 3.21. The molecule has 0 unspecified atom stereocenters. The number of allylic oxidation sites excluding steroid dienone is 2. The van der Waals surface area contributed by atoms with Crippen molar-refractivity contribution in [3.63, 3.8) is 0 Å². The topological polar surface area (TPSA) is 23.5 Å². The minimum Gasteiger partial charge on any atom is -0.508 e. The van der Waals surface area contributed by atoms with Gasteiger partial charge in [-0.1, -0.05) is 13.3 Å². The molecule has 0 radical (unpaired) electrons. The van der Waals surface area contributed by atoms with Gasteiger partial charge < -0.3 is 10.0 Å². The number of unbranched alkanes of at least 4 members (excludes halogenated alkanes) is 1. The Morgan fingerprint density at radius 2 is 2.33 bits per heavy atom. The van der Waals surface area contributed by atoms with E-state index in [0.29, 0.717) is 5.76 Å². The van der Waals surface area contributed by atoms with E-state index in [1.165, 1.54) is 18.5 Å². The molecule has 1 heterocycles. The average molecular weight is 167 g/mol. The van der Waals surface area contributed by atoms with E-state index in [0.717, 1.165) is 13.1 Å². The molecule has 0 spiro atoms. The molecule has 0 bridgehead atoms. The SMILES string of the molecule is CCCCN1CC=C(O)C=C1C. The average Bonchev–Trinajstić information content (AvgIpc) is 2.03. The molecular formula is C10H17NO. The number of aliphatic hydroxyl groups excluding tert-OH is 1. The highest BCUT2D eigenvalue weighted by Crippen LogP contribution is 2.13. The van der Waals surface area contributed by atoms with Gasteiger partial charge in [0.25, 0.3) is 0 Å². The van der Waals surface area contributed by atoms with Crippen molar-refractivity contribution in [3.8, 4) is 0 Å². The van der Waals surface area contributed by atoms with Crippen molar-refractivity contribution in [3.05, 3.63) is 23.6 Å². The second-order valence-electron chi connectivity index (χ2n) is 3.21. The Morgan fingerprint density at radius 1 is 1.58 bits per heavy atom. The van der Waals surface area contributed by atoms with Crippen LogP contribution < -0.4 is 0 Å². The van der Waals surface area contributed by atoms with Crippen molar-refractivity contribution in [2.24, 2.45) is 0 Å². The molecule has 0 saturated heterocycles. The number of nitrogens with zero attached hydrogens (tertiary/aromatic N) is 1. The van der Waals surface area contributed by atoms with Crippen LogP contribution in [0.15, 0.2) is 23.6 Å². The van der Waals surface area contributed by atoms with Gasteiger partial charge in [-0.05, 0) is 25.5 Å². The molecule has 0 atom stereocenters. The third-order valence-corrected chi connectivity index (χ3v) is 2.16. The fraction of sp³-hybridized carbons (Fsp3) is 0.600. The van der Waals surface area contributed by atoms with Gasteiger partial charge in [-0.15, -0.1) is 0 Å². The van der Waals surface area contributed by atoms with Gasteiger partial charge in [0.2, 0.25) is 0 Å². The molecule has 1 N–H and O–H groups in total. The van der Waals surface area contributed by atoms with Crippen molar-refractivity contribution in [1.82, 2.24) is 4.90 Å². The van der Waals surface area contributed by atoms with Crippen LogP contribution in [-0.2, 0) is 0 Å². The standard InChI is InChI=1S/C10H17NO/c1-3-4-6-11-7-5-10(12)8-9(11)2/h5,8,12H,3-4,6-7H2,1-2H3. The predicted molar refractivity (Wildman–Crippen MR) is 50.9 cm³/mol. The Kier molecular flexibility index (Phi) is 3.20. The third kappa shape index (κ3) is 2.29. The van der Waals surface area contributed by atoms with Crippen LogP contribution in [0.3, 0.4) is 0 Å². The molecule has 1 rings (SSSR count). The largest absolute Gasteiger partial charge is 0.508 e. The van der Waals surface area contributed by atoms with Crippen molar-refractivity contribution in [2.45, 2.75) is 26.7 Å². The van der Waals surface area contributed by atoms with Crippen LogP contribution >= 0.6 is 0 Å². The number of aliphatic hydroxyl groups is 1. The van der Waals surface area contributed by atoms with Crippen molar-refractivity contribution in [2.75, 3.05) is 13.1 Å². The first-order chi connectivity index (χ1) is 5.74. The van der Waals surface area contributed by atoms with Crippen LogP contribution in [0.1, 0.15) is 26.7 Å². The highest BCUT2D eigenvalue weighted by Gasteiger charge is 2.08. The van der Waals surface area contributed by atoms with Crippen LogP contribution in [0.25, 0.3) is 0 Å². The van der Waals surface area contributed by atoms with Gasteiger partial charge in [0.15, 0.2) is 0 Å². The van der Waals surface area contributed by atoms with Gasteiger partial charge in [0, 0.05) is 18.8 Å². The zero-order chi connectivity index (χ0) is 8.97. The molecule has 0 saturated carbocycles. The molecule has 12 heavy (non-hydrogen) atoms. The predicted octanol–water partition coefficient (Wildman–Crippen LogP) is 2.45. The molecule has 1 aliphatic rings. The molecular weight excluding hydrogens is 150 g/mol. The minimum absolute atomic E-state index is 0.403. The summed E-state index contributed by atoms with van der Waals surface area (Å²) in [5.74, 6) is 0.403. The molecule has 0 fully saturated rings. The summed E-state index contributed by atoms with van der Waals surface area (Å²) < 4.78 is 0. The third-order valence-electron chi connectivity index (χ3n) is 2.16. The summed E-state index contributed by atoms with van der Waals surface area (Å²) in [6.07, 6.45) is 6.11. The van der Waals surface area contributed by atoms with Crippen molar-refractivity contribution in [1.29, 1.82) is 0 Å². The van der Waals surface area contributed by atoms with Gasteiger partial charge in [-0.2, -0.15) is 0 Å². The fourth-order valence-electron chi connectivity index (χ4n) is 1.33. The van der Waals surface area contributed by atoms with E-state index in [-0.39, 0.29) is 0 Å². The first kappa shape index (κ1) is 9.17. The fourth-order valence-corrected chi connectivity index (χ4v) is 1.33. The normalized spacial score (nSPS) is 17.3. The Balaban J connectivity index is 2.44. The zero-order valence-electron chi connectivity index (χ0n) is 7.88. The quantitative estimate of drug-likeness (QED) is 0.698. The van der Waals surface area contributed by atoms with Crippen LogP contribution in [-0.4, -0.2) is 23.1 Å². The maximum atomic E-state index is 9.18. The lowest BCUT2D eigenvalue weighted by molar-refractivity contribution is 0.343. The maximum absolute atomic E-state index is 9.18. The van der Waals surface area contributed by atoms with Gasteiger partial charge in [-0.3, -0.25) is 0 Å². The summed E-state index contributed by atoms with van der Waals surface area (Å²) in [5.41, 5.74) is 1.17. The first-order valence-electron chi connectivity index (χ1n) is 4.56. The van der Waals surface area contributed by atoms with E-state index in [9.17, 15) is 5.11 Å². The highest BCUT2D eigenvalue weighted by atomic mass is 16.3. The zero-order valence-corrected chi connectivity index (χ0v) is 7.88. The maximum Gasteiger partial charge on any atom is 0.115 e. The highest BCUT2D eigenvalue weighted by molar-refractivity contribution is 5.20. The lowest BCUT2D eigenvalue weighted by atomic mass is 10.2. The molecule has 0 aromatic carbocycles. The number of rotatable bonds is 3. The Hall–Kier alpha value is -0.920. The molecule has 68 valence electrons. The molecule has 0 aromatic heterocycles. The lowest BCUT2D eigenvalue weighted by Crippen LogP contribution is -2.25. The van der Waals surface area contributed by atoms with Crippen molar-refractivity contribution >= 4 is 0 Å². The lowest BCUT2D eigenvalue weighted by Gasteiger charge is -2.26. The van der Waals surface area contributed by atoms with Crippen LogP contribution in [0.5, 0.6) is 0 Å². The van der Waals surface area contributed by atoms with Crippen LogP contribution in [0, 0.1) is 0 Å². The molecule has 1 aliphatic heterocycles. The summed E-state index contributed by atoms with van der Waals surface area (Å²) in [6, 6.07) is 0. The molecule has 0 amide bonds. The van der Waals surface area contributed by atoms with Crippen LogP contribution in [0.2, 0.25) is 0 Å². The summed E-state index contributed by atoms with van der Waals surface area (Å²) in [7, 11) is 0. The summed E-state index contributed by atoms with van der Waals surface area (Å²) >= 11 is 0. The van der Waals surface area contributed by atoms with E-state index >= 15 is 0 Å². The van der Waals surface area contributed by atoms with E-state index in [4.69, 9.17) is 0 Å². The molecule has 0 aromatic rings. The molecule has 0 aliphatic carbocycles. The molecule has 2 heteroatoms. The van der Waals surface area contributed by atoms with E-state index < -0.39 is 0 Å². The van der Waals surface area contributed by atoms with Gasteiger partial charge in [-0.25, -0.2) is 0 Å². The number of hydrogen-bond acceptors (Lipinski definition) is 2. The van der Waals surface area contributed by atoms with E-state index in [2.05, 4.69) is 11.8 Å². The van der Waals surface area contributed by atoms with Crippen LogP contribution in [0.4, 0.5) is 0 Å². The minimum atomic E-state index is 0.403. The second kappa shape index (κ2) is 4.19. The Morgan fingerprint density at radius 3 is 2.92 bits per heavy atom. The van der Waals surface area contributed by atoms with E-state index in [1.807, 2.05) is 19.1 Å². The Bertz CT molecular complexity index is 206. The first-order valence-corrected chi connectivity index (χ1v) is 4.56. The van der Waals surface area contributed by atoms with Gasteiger partial charge in [0.05, 0.1) is 0 Å². The Labute approximate surface area is 74.2 Å².